The summed E-state index contributed by atoms with van der Waals surface area (Å²) in [7, 11) is 0. The number of nitrogens with two attached hydrogens (primary N) is 8. The van der Waals surface area contributed by atoms with Crippen LogP contribution in [-0.2, 0) is 49.6 Å². The van der Waals surface area contributed by atoms with Crippen molar-refractivity contribution in [3.05, 3.63) is 41.6 Å². The fraction of sp³-hybridized carbons (Fsp3) is 0.609. The lowest BCUT2D eigenvalue weighted by Crippen LogP contribution is -2.60. The van der Waals surface area contributed by atoms with Crippen molar-refractivity contribution in [2.45, 2.75) is 132 Å². The third kappa shape index (κ3) is 22.4. The largest absolute Gasteiger partial charge is 0.477 e. The number of nitrogens with one attached hydrogen (secondary N) is 7. The number of carboxylic acid groups (broad SMARTS) is 1. The van der Waals surface area contributed by atoms with Crippen LogP contribution in [0, 0.1) is 0 Å². The minimum Gasteiger partial charge on any atom is -0.477 e. The first-order chi connectivity index (χ1) is 35.2. The van der Waals surface area contributed by atoms with E-state index in [0.29, 0.717) is 49.9 Å². The fourth-order valence-electron chi connectivity index (χ4n) is 7.60. The third-order valence-electron chi connectivity index (χ3n) is 11.7. The van der Waals surface area contributed by atoms with Gasteiger partial charge in [0, 0.05) is 31.7 Å². The number of nitrogen functional groups attached to an aromatic ring is 1. The molecule has 1 aromatic rings. The molecule has 0 spiro atoms. The maximum Gasteiger partial charge on any atom is 0.352 e. The van der Waals surface area contributed by atoms with Gasteiger partial charge in [0.15, 0.2) is 5.96 Å². The first-order valence-electron chi connectivity index (χ1n) is 24.6. The molecule has 0 aliphatic carbocycles. The van der Waals surface area contributed by atoms with Gasteiger partial charge in [-0.25, -0.2) is 4.79 Å². The number of anilines is 1. The Balaban J connectivity index is 2.25. The zero-order chi connectivity index (χ0) is 55.3. The molecule has 1 unspecified atom stereocenters. The van der Waals surface area contributed by atoms with Crippen LogP contribution in [0.1, 0.15) is 83.1 Å². The summed E-state index contributed by atoms with van der Waals surface area (Å²) in [6.07, 6.45) is 2.83. The molecule has 1 heterocycles. The molecule has 1 aromatic carbocycles. The highest BCUT2D eigenvalue weighted by molar-refractivity contribution is 5.99. The Labute approximate surface area is 430 Å². The number of aliphatic hydroxyl groups excluding tert-OH is 1. The van der Waals surface area contributed by atoms with Crippen LogP contribution in [0.3, 0.4) is 0 Å². The maximum absolute atomic E-state index is 14.2. The van der Waals surface area contributed by atoms with Gasteiger partial charge >= 0.3 is 5.97 Å². The molecule has 1 aliphatic rings. The summed E-state index contributed by atoms with van der Waals surface area (Å²) in [5.74, 6) is -7.99. The monoisotopic (exact) mass is 1050 g/mol. The van der Waals surface area contributed by atoms with E-state index < -0.39 is 120 Å². The van der Waals surface area contributed by atoms with Gasteiger partial charge in [0.2, 0.25) is 47.3 Å². The number of carboxylic acids is 1. The van der Waals surface area contributed by atoms with Gasteiger partial charge in [-0.3, -0.25) is 43.3 Å². The lowest BCUT2D eigenvalue weighted by molar-refractivity contribution is -0.142. The second kappa shape index (κ2) is 33.7. The van der Waals surface area contributed by atoms with Gasteiger partial charge in [0.1, 0.15) is 41.9 Å². The molecule has 2 rings (SSSR count). The summed E-state index contributed by atoms with van der Waals surface area (Å²) < 4.78 is 0. The highest BCUT2D eigenvalue weighted by Gasteiger charge is 2.39. The summed E-state index contributed by atoms with van der Waals surface area (Å²) in [6.45, 7) is 1.17. The van der Waals surface area contributed by atoms with E-state index in [1.807, 2.05) is 0 Å². The highest BCUT2D eigenvalue weighted by atomic mass is 16.4. The summed E-state index contributed by atoms with van der Waals surface area (Å²) in [6, 6.07) is -2.33. The second-order valence-corrected chi connectivity index (χ2v) is 17.7. The van der Waals surface area contributed by atoms with Crippen LogP contribution in [0.15, 0.2) is 41.0 Å². The van der Waals surface area contributed by atoms with E-state index in [2.05, 4.69) is 42.2 Å². The minimum atomic E-state index is -1.56. The summed E-state index contributed by atoms with van der Waals surface area (Å²) in [4.78, 5) is 125. The number of unbranched alkanes of at least 4 members (excludes halogenated alkanes) is 2. The van der Waals surface area contributed by atoms with E-state index in [1.165, 1.54) is 17.9 Å². The number of likely N-dealkylation sites (tertiary alicyclic amines) is 1. The molecule has 8 amide bonds. The van der Waals surface area contributed by atoms with Gasteiger partial charge in [-0.05, 0) is 108 Å². The van der Waals surface area contributed by atoms with E-state index in [4.69, 9.17) is 45.9 Å². The zero-order valence-electron chi connectivity index (χ0n) is 42.0. The number of hydrogen-bond acceptors (Lipinski definition) is 17. The van der Waals surface area contributed by atoms with E-state index >= 15 is 0 Å². The number of rotatable bonds is 34. The molecule has 1 saturated heterocycles. The van der Waals surface area contributed by atoms with E-state index in [9.17, 15) is 53.4 Å². The quantitative estimate of drug-likeness (QED) is 0.0100. The number of guanidine groups is 1. The average Bonchev–Trinajstić information content (AvgIpc) is 3.87. The molecule has 414 valence electrons. The number of carbonyl (C=O) groups excluding carboxylic acids is 8. The molecule has 0 bridgehead atoms. The number of nitrogens with zero attached hydrogens (tertiary/aromatic N) is 2. The van der Waals surface area contributed by atoms with Crippen molar-refractivity contribution in [3.63, 3.8) is 0 Å². The minimum absolute atomic E-state index is 0.0400. The molecule has 0 aromatic heterocycles. The number of amides is 8. The maximum atomic E-state index is 14.2. The van der Waals surface area contributed by atoms with Gasteiger partial charge in [-0.2, -0.15) is 0 Å². The van der Waals surface area contributed by atoms with Crippen molar-refractivity contribution in [2.75, 3.05) is 51.5 Å². The standard InChI is InChI=1S/C46H79N17O11/c1-26(57-43(71)37(35(64)24-50)62-39(67)29(52)9-2-4-18-47)38(66)56-25-36(65)58-31(11-6-20-49)44(72)63-22-8-13-34(63)42(70)61-33(23-27-14-16-28(51)17-15-27)41(69)59-30(10-3-5-19-48)40(68)60-32(45(73)74)12-7-21-55-46(53)54/h12,14-17,26,29-31,33-35,37,64H,2-11,13,18-25,47-52H2,1H3,(H,56,66)(H,57,71)(H,58,65)(H,59,69)(H,60,68)(H,61,70)(H,62,67)(H,73,74)(H4,53,54,55)/b32-12-/t26-,29-,30-,31+,33?,34-,35-,37-/m0/s1. The zero-order valence-corrected chi connectivity index (χ0v) is 42.0. The SMILES string of the molecule is C[C@H](NC(=O)[C@@H](NC(=O)[C@@H](N)CCCCN)[C@@H](O)CN)C(=O)NCC(=O)N[C@H](CCCN)C(=O)N1CCC[C@H]1C(=O)NC(Cc1ccc(N)cc1)C(=O)N[C@@H](CCCCN)C(=O)N/C(=C\CCN=C(N)N)C(=O)O. The molecule has 0 radical (unpaired) electrons. The smallest absolute Gasteiger partial charge is 0.352 e. The van der Waals surface area contributed by atoms with Crippen LogP contribution < -0.4 is 83.1 Å². The Morgan fingerprint density at radius 2 is 1.39 bits per heavy atom. The predicted molar refractivity (Wildman–Crippen MR) is 274 cm³/mol. The molecular formula is C46H79N17O11. The molecule has 0 saturated carbocycles. The summed E-state index contributed by atoms with van der Waals surface area (Å²) in [5.41, 5.74) is 45.5. The fourth-order valence-corrected chi connectivity index (χ4v) is 7.60. The Kier molecular flexibility index (Phi) is 28.7. The first kappa shape index (κ1) is 63.1. The van der Waals surface area contributed by atoms with Crippen molar-refractivity contribution in [2.24, 2.45) is 45.1 Å². The van der Waals surface area contributed by atoms with Gasteiger partial charge in [0.25, 0.3) is 0 Å². The number of hydrogen-bond donors (Lipinski definition) is 17. The molecule has 28 heteroatoms. The normalized spacial score (nSPS) is 16.2. The Hall–Kier alpha value is -6.98. The Morgan fingerprint density at radius 3 is 2.00 bits per heavy atom. The predicted octanol–water partition coefficient (Wildman–Crippen LogP) is -6.25. The van der Waals surface area contributed by atoms with E-state index in [-0.39, 0.29) is 77.1 Å². The Bertz CT molecular complexity index is 2090. The van der Waals surface area contributed by atoms with Crippen molar-refractivity contribution in [1.82, 2.24) is 42.1 Å². The molecular weight excluding hydrogens is 967 g/mol. The number of benzene rings is 1. The lowest BCUT2D eigenvalue weighted by Gasteiger charge is -2.30. The third-order valence-corrected chi connectivity index (χ3v) is 11.7. The van der Waals surface area contributed by atoms with Crippen LogP contribution >= 0.6 is 0 Å². The van der Waals surface area contributed by atoms with Gasteiger partial charge in [-0.1, -0.05) is 24.6 Å². The number of aliphatic hydroxyl groups is 1. The summed E-state index contributed by atoms with van der Waals surface area (Å²) >= 11 is 0. The van der Waals surface area contributed by atoms with E-state index in [0.717, 1.165) is 0 Å². The van der Waals surface area contributed by atoms with Gasteiger partial charge in [0.05, 0.1) is 18.7 Å². The number of aliphatic carboxylic acids is 1. The average molecular weight is 1050 g/mol. The lowest BCUT2D eigenvalue weighted by atomic mass is 10.0. The summed E-state index contributed by atoms with van der Waals surface area (Å²) in [5, 5.41) is 37.7. The van der Waals surface area contributed by atoms with Crippen molar-refractivity contribution >= 4 is 64.9 Å². The van der Waals surface area contributed by atoms with Crippen LogP contribution in [0.25, 0.3) is 0 Å². The van der Waals surface area contributed by atoms with Crippen LogP contribution in [-0.4, -0.2) is 169 Å². The molecule has 74 heavy (non-hydrogen) atoms. The molecule has 1 aliphatic heterocycles. The topological polar surface area (TPSA) is 502 Å². The number of carbonyl (C=O) groups is 9. The van der Waals surface area contributed by atoms with Gasteiger partial charge < -0.3 is 98.2 Å². The molecule has 1 fully saturated rings. The molecule has 8 atom stereocenters. The van der Waals surface area contributed by atoms with Crippen molar-refractivity contribution in [3.8, 4) is 0 Å². The van der Waals surface area contributed by atoms with Crippen LogP contribution in [0.2, 0.25) is 0 Å². The van der Waals surface area contributed by atoms with Crippen molar-refractivity contribution in [1.29, 1.82) is 0 Å². The van der Waals surface area contributed by atoms with Crippen molar-refractivity contribution < 1.29 is 53.4 Å². The van der Waals surface area contributed by atoms with Crippen LogP contribution in [0.4, 0.5) is 5.69 Å². The Morgan fingerprint density at radius 1 is 0.757 bits per heavy atom. The highest BCUT2D eigenvalue weighted by Crippen LogP contribution is 2.21. The second-order valence-electron chi connectivity index (χ2n) is 17.7. The van der Waals surface area contributed by atoms with Gasteiger partial charge in [-0.15, -0.1) is 0 Å². The molecule has 25 N–H and O–H groups in total. The van der Waals surface area contributed by atoms with E-state index in [1.54, 1.807) is 24.3 Å². The number of aliphatic imine (C=N–C) groups is 1. The molecule has 28 nitrogen and oxygen atoms in total. The first-order valence-corrected chi connectivity index (χ1v) is 24.6. The van der Waals surface area contributed by atoms with Crippen LogP contribution in [0.5, 0.6) is 0 Å².